The van der Waals surface area contributed by atoms with Crippen LogP contribution in [-0.4, -0.2) is 43.8 Å². The fourth-order valence-electron chi connectivity index (χ4n) is 2.42. The van der Waals surface area contributed by atoms with E-state index in [1.807, 2.05) is 31.2 Å². The van der Waals surface area contributed by atoms with E-state index in [-0.39, 0.29) is 12.4 Å². The van der Waals surface area contributed by atoms with Gasteiger partial charge in [0.2, 0.25) is 0 Å². The first kappa shape index (κ1) is 17.1. The summed E-state index contributed by atoms with van der Waals surface area (Å²) < 4.78 is 11.4. The van der Waals surface area contributed by atoms with Gasteiger partial charge < -0.3 is 15.2 Å². The molecule has 0 spiro atoms. The quantitative estimate of drug-likeness (QED) is 0.876. The van der Waals surface area contributed by atoms with Gasteiger partial charge in [0.25, 0.3) is 0 Å². The lowest BCUT2D eigenvalue weighted by Crippen LogP contribution is -2.44. The Balaban J connectivity index is 0.00000200. The summed E-state index contributed by atoms with van der Waals surface area (Å²) in [5.74, 6) is 1.64. The minimum Gasteiger partial charge on any atom is -0.490 e. The van der Waals surface area contributed by atoms with Crippen molar-refractivity contribution in [3.8, 4) is 11.5 Å². The normalized spacial score (nSPS) is 19.2. The highest BCUT2D eigenvalue weighted by molar-refractivity contribution is 5.85. The Hall–Kier alpha value is -0.970. The first-order chi connectivity index (χ1) is 9.29. The average Bonchev–Trinajstić information content (AvgIpc) is 2.41. The smallest absolute Gasteiger partial charge is 0.161 e. The summed E-state index contributed by atoms with van der Waals surface area (Å²) in [5.41, 5.74) is 5.97. The van der Waals surface area contributed by atoms with Crippen LogP contribution < -0.4 is 15.2 Å². The number of hydrogen-bond acceptors (Lipinski definition) is 4. The van der Waals surface area contributed by atoms with Crippen LogP contribution in [0.1, 0.15) is 19.8 Å². The van der Waals surface area contributed by atoms with E-state index < -0.39 is 0 Å². The zero-order valence-corrected chi connectivity index (χ0v) is 12.9. The van der Waals surface area contributed by atoms with Gasteiger partial charge in [-0.05, 0) is 38.4 Å². The van der Waals surface area contributed by atoms with Gasteiger partial charge in [-0.25, -0.2) is 0 Å². The van der Waals surface area contributed by atoms with E-state index >= 15 is 0 Å². The first-order valence-corrected chi connectivity index (χ1v) is 7.12. The molecule has 0 amide bonds. The zero-order chi connectivity index (χ0) is 13.5. The number of likely N-dealkylation sites (tertiary alicyclic amines) is 1. The van der Waals surface area contributed by atoms with Gasteiger partial charge in [0, 0.05) is 19.1 Å². The van der Waals surface area contributed by atoms with Crippen molar-refractivity contribution in [2.75, 3.05) is 32.8 Å². The highest BCUT2D eigenvalue weighted by atomic mass is 35.5. The lowest BCUT2D eigenvalue weighted by atomic mass is 10.1. The molecule has 1 heterocycles. The summed E-state index contributed by atoms with van der Waals surface area (Å²) in [6.07, 6.45) is 2.33. The second-order valence-electron chi connectivity index (χ2n) is 4.93. The Bertz CT molecular complexity index is 390. The minimum atomic E-state index is 0. The van der Waals surface area contributed by atoms with E-state index in [0.29, 0.717) is 19.3 Å². The Labute approximate surface area is 127 Å². The van der Waals surface area contributed by atoms with Crippen molar-refractivity contribution in [3.05, 3.63) is 24.3 Å². The van der Waals surface area contributed by atoms with Crippen LogP contribution in [-0.2, 0) is 0 Å². The van der Waals surface area contributed by atoms with Crippen molar-refractivity contribution in [1.29, 1.82) is 0 Å². The number of para-hydroxylation sites is 2. The third-order valence-electron chi connectivity index (χ3n) is 3.36. The van der Waals surface area contributed by atoms with Crippen LogP contribution in [0.2, 0.25) is 0 Å². The molecule has 1 aliphatic rings. The molecular formula is C15H25ClN2O2. The second-order valence-corrected chi connectivity index (χ2v) is 4.93. The van der Waals surface area contributed by atoms with Gasteiger partial charge in [-0.1, -0.05) is 12.1 Å². The van der Waals surface area contributed by atoms with Crippen molar-refractivity contribution in [1.82, 2.24) is 4.90 Å². The molecule has 1 fully saturated rings. The van der Waals surface area contributed by atoms with Crippen LogP contribution in [0.3, 0.4) is 0 Å². The van der Waals surface area contributed by atoms with Crippen LogP contribution in [0, 0.1) is 0 Å². The standard InChI is InChI=1S/C15H24N2O2.ClH/c1-2-18-14-7-3-4-8-15(14)19-11-10-17-9-5-6-13(16)12-17;/h3-4,7-8,13H,2,5-6,9-12,16H2,1H3;1H/t13-;/m1./s1. The molecule has 20 heavy (non-hydrogen) atoms. The predicted molar refractivity (Wildman–Crippen MR) is 84.0 cm³/mol. The van der Waals surface area contributed by atoms with Gasteiger partial charge in [0.15, 0.2) is 11.5 Å². The van der Waals surface area contributed by atoms with Gasteiger partial charge in [-0.15, -0.1) is 12.4 Å². The number of benzene rings is 1. The summed E-state index contributed by atoms with van der Waals surface area (Å²) in [6.45, 7) is 6.35. The van der Waals surface area contributed by atoms with Gasteiger partial charge in [0.05, 0.1) is 6.61 Å². The molecule has 1 saturated heterocycles. The van der Waals surface area contributed by atoms with Crippen molar-refractivity contribution in [3.63, 3.8) is 0 Å². The van der Waals surface area contributed by atoms with E-state index in [1.165, 1.54) is 6.42 Å². The SMILES string of the molecule is CCOc1ccccc1OCCN1CCC[C@@H](N)C1.Cl. The highest BCUT2D eigenvalue weighted by Crippen LogP contribution is 2.26. The number of nitrogens with two attached hydrogens (primary N) is 1. The first-order valence-electron chi connectivity index (χ1n) is 7.12. The van der Waals surface area contributed by atoms with E-state index in [2.05, 4.69) is 4.90 Å². The van der Waals surface area contributed by atoms with Gasteiger partial charge in [-0.2, -0.15) is 0 Å². The van der Waals surface area contributed by atoms with Gasteiger partial charge in [0.1, 0.15) is 6.61 Å². The van der Waals surface area contributed by atoms with Crippen molar-refractivity contribution >= 4 is 12.4 Å². The summed E-state index contributed by atoms with van der Waals surface area (Å²) in [7, 11) is 0. The molecule has 0 radical (unpaired) electrons. The lowest BCUT2D eigenvalue weighted by Gasteiger charge is -2.30. The fourth-order valence-corrected chi connectivity index (χ4v) is 2.42. The van der Waals surface area contributed by atoms with E-state index in [0.717, 1.165) is 37.6 Å². The Morgan fingerprint density at radius 3 is 2.60 bits per heavy atom. The zero-order valence-electron chi connectivity index (χ0n) is 12.1. The van der Waals surface area contributed by atoms with Gasteiger partial charge >= 0.3 is 0 Å². The van der Waals surface area contributed by atoms with E-state index in [4.69, 9.17) is 15.2 Å². The molecule has 0 bridgehead atoms. The van der Waals surface area contributed by atoms with E-state index in [1.54, 1.807) is 0 Å². The molecule has 4 nitrogen and oxygen atoms in total. The molecule has 0 aromatic heterocycles. The minimum absolute atomic E-state index is 0. The highest BCUT2D eigenvalue weighted by Gasteiger charge is 2.16. The molecule has 1 aromatic carbocycles. The Morgan fingerprint density at radius 2 is 1.95 bits per heavy atom. The van der Waals surface area contributed by atoms with E-state index in [9.17, 15) is 0 Å². The lowest BCUT2D eigenvalue weighted by molar-refractivity contribution is 0.168. The second kappa shape index (κ2) is 9.06. The van der Waals surface area contributed by atoms with Crippen molar-refractivity contribution in [2.45, 2.75) is 25.8 Å². The molecule has 0 unspecified atom stereocenters. The van der Waals surface area contributed by atoms with Crippen LogP contribution in [0.25, 0.3) is 0 Å². The van der Waals surface area contributed by atoms with Crippen LogP contribution in [0.4, 0.5) is 0 Å². The number of nitrogens with zero attached hydrogens (tertiary/aromatic N) is 1. The average molecular weight is 301 g/mol. The van der Waals surface area contributed by atoms with Crippen molar-refractivity contribution in [2.24, 2.45) is 5.73 Å². The molecule has 1 aromatic rings. The molecular weight excluding hydrogens is 276 g/mol. The fraction of sp³-hybridized carbons (Fsp3) is 0.600. The Morgan fingerprint density at radius 1 is 1.25 bits per heavy atom. The summed E-state index contributed by atoms with van der Waals surface area (Å²) in [6, 6.07) is 8.14. The number of rotatable bonds is 6. The number of piperidine rings is 1. The molecule has 0 saturated carbocycles. The number of hydrogen-bond donors (Lipinski definition) is 1. The molecule has 2 rings (SSSR count). The predicted octanol–water partition coefficient (Wildman–Crippen LogP) is 2.31. The molecule has 5 heteroatoms. The van der Waals surface area contributed by atoms with Crippen LogP contribution >= 0.6 is 12.4 Å². The Kier molecular flexibility index (Phi) is 7.73. The number of ether oxygens (including phenoxy) is 2. The topological polar surface area (TPSA) is 47.7 Å². The third-order valence-corrected chi connectivity index (χ3v) is 3.36. The molecule has 0 aliphatic carbocycles. The van der Waals surface area contributed by atoms with Crippen LogP contribution in [0.15, 0.2) is 24.3 Å². The third kappa shape index (κ3) is 5.19. The largest absolute Gasteiger partial charge is 0.490 e. The van der Waals surface area contributed by atoms with Gasteiger partial charge in [-0.3, -0.25) is 4.90 Å². The maximum absolute atomic E-state index is 5.97. The monoisotopic (exact) mass is 300 g/mol. The summed E-state index contributed by atoms with van der Waals surface area (Å²) in [4.78, 5) is 2.37. The summed E-state index contributed by atoms with van der Waals surface area (Å²) in [5, 5.41) is 0. The molecule has 1 atom stereocenters. The molecule has 1 aliphatic heterocycles. The molecule has 114 valence electrons. The summed E-state index contributed by atoms with van der Waals surface area (Å²) >= 11 is 0. The molecule has 2 N–H and O–H groups in total. The number of halogens is 1. The van der Waals surface area contributed by atoms with Crippen LogP contribution in [0.5, 0.6) is 11.5 Å². The maximum atomic E-state index is 5.97. The van der Waals surface area contributed by atoms with Crippen molar-refractivity contribution < 1.29 is 9.47 Å². The maximum Gasteiger partial charge on any atom is 0.161 e.